The van der Waals surface area contributed by atoms with Gasteiger partial charge in [-0.25, -0.2) is 4.79 Å². The summed E-state index contributed by atoms with van der Waals surface area (Å²) < 4.78 is 9.24. The smallest absolute Gasteiger partial charge is 0.465 e. The third-order valence-corrected chi connectivity index (χ3v) is 3.75. The van der Waals surface area contributed by atoms with Crippen LogP contribution in [0.5, 0.6) is 0 Å². The first kappa shape index (κ1) is 14.3. The van der Waals surface area contributed by atoms with Crippen LogP contribution in [-0.4, -0.2) is 25.5 Å². The van der Waals surface area contributed by atoms with E-state index in [-0.39, 0.29) is 6.04 Å². The molecular weight excluding hydrogens is 230 g/mol. The molecule has 1 atom stereocenters. The quantitative estimate of drug-likeness (QED) is 0.429. The van der Waals surface area contributed by atoms with Gasteiger partial charge >= 0.3 is 14.8 Å². The summed E-state index contributed by atoms with van der Waals surface area (Å²) in [4.78, 5) is 31.7. The molecule has 0 heterocycles. The lowest BCUT2D eigenvalue weighted by Gasteiger charge is -2.21. The number of nitrogens with zero attached hydrogens (tertiary/aromatic N) is 1. The first-order chi connectivity index (χ1) is 7.34. The summed E-state index contributed by atoms with van der Waals surface area (Å²) in [6.45, 7) is 5.96. The Morgan fingerprint density at radius 3 is 2.44 bits per heavy atom. The number of nitriles is 1. The topological polar surface area (TPSA) is 96.6 Å². The average molecular weight is 243 g/mol. The zero-order valence-electron chi connectivity index (χ0n) is 9.15. The Balaban J connectivity index is 4.68. The Hall–Kier alpha value is -1.65. The van der Waals surface area contributed by atoms with Gasteiger partial charge in [0, 0.05) is 13.0 Å². The van der Waals surface area contributed by atoms with Crippen LogP contribution in [0.2, 0.25) is 6.04 Å². The lowest BCUT2D eigenvalue weighted by molar-refractivity contribution is -0.140. The molecule has 0 aliphatic rings. The van der Waals surface area contributed by atoms with E-state index in [0.717, 1.165) is 6.92 Å². The van der Waals surface area contributed by atoms with Gasteiger partial charge in [0.25, 0.3) is 5.97 Å². The van der Waals surface area contributed by atoms with Crippen molar-refractivity contribution in [2.45, 2.75) is 26.3 Å². The third kappa shape index (κ3) is 4.72. The van der Waals surface area contributed by atoms with Gasteiger partial charge in [-0.05, 0) is 6.42 Å². The molecule has 0 rings (SSSR count). The molecule has 0 aliphatic heterocycles. The zero-order chi connectivity index (χ0) is 12.8. The normalized spacial score (nSPS) is 13.1. The summed E-state index contributed by atoms with van der Waals surface area (Å²) in [6.07, 6.45) is 0.475. The largest absolute Gasteiger partial charge is 0.633 e. The van der Waals surface area contributed by atoms with Crippen molar-refractivity contribution in [3.8, 4) is 6.07 Å². The molecular formula is C9H13NO5Si. The Morgan fingerprint density at radius 2 is 2.06 bits per heavy atom. The molecule has 0 saturated carbocycles. The molecule has 1 unspecified atom stereocenters. The van der Waals surface area contributed by atoms with Crippen molar-refractivity contribution in [1.29, 1.82) is 5.26 Å². The first-order valence-electron chi connectivity index (χ1n) is 4.59. The van der Waals surface area contributed by atoms with E-state index >= 15 is 0 Å². The first-order valence-corrected chi connectivity index (χ1v) is 6.56. The van der Waals surface area contributed by atoms with Crippen LogP contribution in [0.25, 0.3) is 0 Å². The van der Waals surface area contributed by atoms with Crippen LogP contribution >= 0.6 is 0 Å². The van der Waals surface area contributed by atoms with Gasteiger partial charge in [0.2, 0.25) is 0 Å². The van der Waals surface area contributed by atoms with Crippen LogP contribution in [-0.2, 0) is 18.4 Å². The van der Waals surface area contributed by atoms with Gasteiger partial charge < -0.3 is 13.6 Å². The molecule has 0 aromatic carbocycles. The van der Waals surface area contributed by atoms with Crippen molar-refractivity contribution in [2.24, 2.45) is 0 Å². The second-order valence-corrected chi connectivity index (χ2v) is 5.37. The maximum atomic E-state index is 11.2. The van der Waals surface area contributed by atoms with Crippen molar-refractivity contribution < 1.29 is 23.2 Å². The molecule has 0 amide bonds. The molecule has 0 fully saturated rings. The molecule has 0 spiro atoms. The van der Waals surface area contributed by atoms with Gasteiger partial charge in [-0.3, -0.25) is 4.79 Å². The van der Waals surface area contributed by atoms with Gasteiger partial charge in [0.1, 0.15) is 11.6 Å². The summed E-state index contributed by atoms with van der Waals surface area (Å²) in [6, 6.07) is 1.54. The molecule has 0 saturated heterocycles. The monoisotopic (exact) mass is 243 g/mol. The predicted octanol–water partition coefficient (Wildman–Crippen LogP) is 0.514. The van der Waals surface area contributed by atoms with Crippen LogP contribution in [0.1, 0.15) is 20.3 Å². The highest BCUT2D eigenvalue weighted by atomic mass is 28.4. The van der Waals surface area contributed by atoms with Gasteiger partial charge in [-0.2, -0.15) is 5.26 Å². The highest BCUT2D eigenvalue weighted by Crippen LogP contribution is 2.14. The summed E-state index contributed by atoms with van der Waals surface area (Å²) in [7, 11) is -3.87. The Morgan fingerprint density at radius 1 is 1.50 bits per heavy atom. The number of carbonyl (C=O) groups excluding carboxylic acids is 2. The summed E-state index contributed by atoms with van der Waals surface area (Å²) >= 11 is 0. The third-order valence-electron chi connectivity index (χ3n) is 1.50. The molecule has 6 nitrogen and oxygen atoms in total. The maximum Gasteiger partial charge on any atom is 0.633 e. The van der Waals surface area contributed by atoms with Crippen molar-refractivity contribution in [2.75, 3.05) is 0 Å². The van der Waals surface area contributed by atoms with E-state index in [1.54, 1.807) is 6.92 Å². The Kier molecular flexibility index (Phi) is 5.42. The highest BCUT2D eigenvalue weighted by molar-refractivity contribution is 6.63. The van der Waals surface area contributed by atoms with Crippen molar-refractivity contribution in [3.63, 3.8) is 0 Å². The minimum atomic E-state index is -3.87. The fourth-order valence-electron chi connectivity index (χ4n) is 0.915. The van der Waals surface area contributed by atoms with E-state index < -0.39 is 26.3 Å². The van der Waals surface area contributed by atoms with E-state index in [0.29, 0.717) is 6.42 Å². The minimum Gasteiger partial charge on any atom is -0.465 e. The molecule has 0 aliphatic carbocycles. The molecule has 0 bridgehead atoms. The molecule has 1 N–H and O–H groups in total. The van der Waals surface area contributed by atoms with Crippen LogP contribution in [0.3, 0.4) is 0 Å². The average Bonchev–Trinajstić information content (AvgIpc) is 2.14. The molecule has 16 heavy (non-hydrogen) atoms. The maximum absolute atomic E-state index is 11.2. The lowest BCUT2D eigenvalue weighted by atomic mass is 10.4. The van der Waals surface area contributed by atoms with E-state index in [1.807, 2.05) is 0 Å². The van der Waals surface area contributed by atoms with Crippen LogP contribution in [0, 0.1) is 11.3 Å². The van der Waals surface area contributed by atoms with Crippen molar-refractivity contribution in [1.82, 2.24) is 0 Å². The summed E-state index contributed by atoms with van der Waals surface area (Å²) in [5, 5.41) is 8.39. The van der Waals surface area contributed by atoms with Gasteiger partial charge in [0.15, 0.2) is 0 Å². The Bertz CT molecular complexity index is 348. The zero-order valence-corrected chi connectivity index (χ0v) is 10.1. The number of hydrogen-bond donors (Lipinski definition) is 1. The van der Waals surface area contributed by atoms with Crippen LogP contribution in [0.15, 0.2) is 12.2 Å². The van der Waals surface area contributed by atoms with Gasteiger partial charge in [-0.15, -0.1) is 0 Å². The van der Waals surface area contributed by atoms with E-state index in [4.69, 9.17) is 5.26 Å². The van der Waals surface area contributed by atoms with Crippen LogP contribution < -0.4 is 0 Å². The number of hydrogen-bond acceptors (Lipinski definition) is 6. The summed E-state index contributed by atoms with van der Waals surface area (Å²) in [5.41, 5.74) is -0.450. The molecule has 0 aromatic rings. The molecule has 88 valence electrons. The highest BCUT2D eigenvalue weighted by Gasteiger charge is 2.44. The second kappa shape index (κ2) is 6.04. The van der Waals surface area contributed by atoms with Gasteiger partial charge in [-0.1, -0.05) is 13.5 Å². The molecule has 0 radical (unpaired) electrons. The number of carbonyl (C=O) groups is 2. The molecule has 0 aromatic heterocycles. The second-order valence-electron chi connectivity index (χ2n) is 3.04. The van der Waals surface area contributed by atoms with Crippen molar-refractivity contribution in [3.05, 3.63) is 12.2 Å². The SMILES string of the molecule is C=C(C#N)C(=O)O[Si](O)(CCC)OC(C)=O. The van der Waals surface area contributed by atoms with Crippen molar-refractivity contribution >= 4 is 20.7 Å². The fourth-order valence-corrected chi connectivity index (χ4v) is 2.66. The standard InChI is InChI=1S/C9H13NO5Si/c1-4-5-16(13,14-8(3)11)15-9(12)7(2)6-10/h13H,2,4-5H2,1,3H3. The molecule has 7 heteroatoms. The number of rotatable bonds is 5. The predicted molar refractivity (Wildman–Crippen MR) is 55.7 cm³/mol. The van der Waals surface area contributed by atoms with Crippen LogP contribution in [0.4, 0.5) is 0 Å². The van der Waals surface area contributed by atoms with E-state index in [1.165, 1.54) is 6.07 Å². The Labute approximate surface area is 94.5 Å². The van der Waals surface area contributed by atoms with Gasteiger partial charge in [0.05, 0.1) is 0 Å². The summed E-state index contributed by atoms with van der Waals surface area (Å²) in [5.74, 6) is -1.80. The minimum absolute atomic E-state index is 0.0526. The lowest BCUT2D eigenvalue weighted by Crippen LogP contribution is -2.45. The fraction of sp³-hybridized carbons (Fsp3) is 0.444. The van der Waals surface area contributed by atoms with E-state index in [2.05, 4.69) is 15.4 Å². The van der Waals surface area contributed by atoms with E-state index in [9.17, 15) is 14.4 Å².